The lowest BCUT2D eigenvalue weighted by Gasteiger charge is -2.46. The standard InChI is InChI=1S/C33H48BNO5Si/c1-24(2)22-25-20-21-29(34-39-32(6,7)33(8,9)40-34)35(30(36)37)28(25)23-38-41(31(3,4)5,26-16-12-10-13-17-26)27-18-14-11-15-19-27/h10-19,21,24-25,28H,20,22-23H2,1-9H3,(H,36,37). The van der Waals surface area contributed by atoms with E-state index in [0.717, 1.165) is 12.8 Å². The Labute approximate surface area is 248 Å². The SMILES string of the molecule is CC(C)CC1CC=C(B2OC(C)(C)C(C)(C)O2)N(C(=O)O)C1CO[Si](c1ccccc1)(c1ccccc1)C(C)(C)C. The van der Waals surface area contributed by atoms with Crippen molar-refractivity contribution < 1.29 is 23.6 Å². The van der Waals surface area contributed by atoms with Crippen LogP contribution >= 0.6 is 0 Å². The molecule has 6 nitrogen and oxygen atoms in total. The first-order valence-electron chi connectivity index (χ1n) is 14.9. The van der Waals surface area contributed by atoms with Crippen LogP contribution in [-0.2, 0) is 13.7 Å². The number of benzene rings is 2. The Balaban J connectivity index is 1.78. The summed E-state index contributed by atoms with van der Waals surface area (Å²) in [7, 11) is -3.63. The second kappa shape index (κ2) is 11.7. The molecule has 41 heavy (non-hydrogen) atoms. The van der Waals surface area contributed by atoms with E-state index in [1.165, 1.54) is 15.3 Å². The predicted molar refractivity (Wildman–Crippen MR) is 169 cm³/mol. The lowest BCUT2D eigenvalue weighted by molar-refractivity contribution is 0.00578. The van der Waals surface area contributed by atoms with Crippen molar-refractivity contribution in [2.75, 3.05) is 6.61 Å². The van der Waals surface area contributed by atoms with Crippen LogP contribution in [0.3, 0.4) is 0 Å². The van der Waals surface area contributed by atoms with Crippen LogP contribution in [0, 0.1) is 11.8 Å². The van der Waals surface area contributed by atoms with Gasteiger partial charge in [0.1, 0.15) is 0 Å². The molecule has 2 unspecified atom stereocenters. The van der Waals surface area contributed by atoms with E-state index in [1.54, 1.807) is 0 Å². The average molecular weight is 578 g/mol. The molecule has 2 aliphatic heterocycles. The molecule has 2 aromatic rings. The third-order valence-electron chi connectivity index (χ3n) is 9.15. The van der Waals surface area contributed by atoms with E-state index in [2.05, 4.69) is 83.1 Å². The van der Waals surface area contributed by atoms with Crippen LogP contribution in [0.1, 0.15) is 75.2 Å². The summed E-state index contributed by atoms with van der Waals surface area (Å²) in [6.45, 7) is 19.4. The summed E-state index contributed by atoms with van der Waals surface area (Å²) in [6.07, 6.45) is 2.65. The van der Waals surface area contributed by atoms with Gasteiger partial charge in [-0.15, -0.1) is 0 Å². The van der Waals surface area contributed by atoms with Crippen molar-refractivity contribution in [3.63, 3.8) is 0 Å². The predicted octanol–water partition coefficient (Wildman–Crippen LogP) is 6.49. The molecule has 0 bridgehead atoms. The Morgan fingerprint density at radius 3 is 1.90 bits per heavy atom. The van der Waals surface area contributed by atoms with Crippen molar-refractivity contribution in [3.05, 3.63) is 72.3 Å². The highest BCUT2D eigenvalue weighted by Crippen LogP contribution is 2.43. The van der Waals surface area contributed by atoms with Gasteiger partial charge in [0, 0.05) is 0 Å². The van der Waals surface area contributed by atoms with Gasteiger partial charge >= 0.3 is 13.2 Å². The summed E-state index contributed by atoms with van der Waals surface area (Å²) in [4.78, 5) is 14.6. The van der Waals surface area contributed by atoms with Gasteiger partial charge < -0.3 is 18.8 Å². The minimum atomic E-state index is -2.87. The van der Waals surface area contributed by atoms with Crippen LogP contribution in [0.2, 0.25) is 5.04 Å². The van der Waals surface area contributed by atoms with E-state index in [4.69, 9.17) is 13.7 Å². The van der Waals surface area contributed by atoms with E-state index >= 15 is 0 Å². The average Bonchev–Trinajstić information content (AvgIpc) is 3.11. The zero-order chi connectivity index (χ0) is 30.2. The summed E-state index contributed by atoms with van der Waals surface area (Å²) in [6, 6.07) is 20.6. The maximum absolute atomic E-state index is 13.1. The van der Waals surface area contributed by atoms with Gasteiger partial charge in [-0.1, -0.05) is 101 Å². The number of carboxylic acid groups (broad SMARTS) is 1. The molecule has 2 aliphatic rings. The first-order valence-corrected chi connectivity index (χ1v) is 16.8. The van der Waals surface area contributed by atoms with Crippen molar-refractivity contribution in [1.29, 1.82) is 0 Å². The summed E-state index contributed by atoms with van der Waals surface area (Å²) >= 11 is 0. The van der Waals surface area contributed by atoms with Crippen LogP contribution in [0.5, 0.6) is 0 Å². The first-order chi connectivity index (χ1) is 19.1. The van der Waals surface area contributed by atoms with E-state index in [-0.39, 0.29) is 23.6 Å². The topological polar surface area (TPSA) is 68.2 Å². The van der Waals surface area contributed by atoms with Gasteiger partial charge in [-0.25, -0.2) is 4.79 Å². The van der Waals surface area contributed by atoms with Crippen LogP contribution in [0.15, 0.2) is 72.3 Å². The van der Waals surface area contributed by atoms with Crippen molar-refractivity contribution >= 4 is 31.9 Å². The smallest absolute Gasteiger partial charge is 0.465 e. The molecule has 1 saturated heterocycles. The highest BCUT2D eigenvalue weighted by Gasteiger charge is 2.56. The summed E-state index contributed by atoms with van der Waals surface area (Å²) in [5, 5.41) is 12.9. The lowest BCUT2D eigenvalue weighted by Crippen LogP contribution is -2.68. The second-order valence-corrected chi connectivity index (χ2v) is 18.3. The minimum Gasteiger partial charge on any atom is -0.465 e. The van der Waals surface area contributed by atoms with E-state index < -0.39 is 32.7 Å². The summed E-state index contributed by atoms with van der Waals surface area (Å²) in [5.41, 5.74) is -0.580. The molecule has 1 N–H and O–H groups in total. The normalized spacial score (nSPS) is 22.6. The zero-order valence-electron chi connectivity index (χ0n) is 26.3. The van der Waals surface area contributed by atoms with E-state index in [1.807, 2.05) is 45.9 Å². The summed E-state index contributed by atoms with van der Waals surface area (Å²) in [5.74, 6) is 0.522. The number of rotatable bonds is 8. The molecule has 0 saturated carbocycles. The third kappa shape index (κ3) is 6.07. The highest BCUT2D eigenvalue weighted by atomic mass is 28.4. The van der Waals surface area contributed by atoms with Gasteiger partial charge in [-0.05, 0) is 67.8 Å². The van der Waals surface area contributed by atoms with Gasteiger partial charge in [0.05, 0.1) is 29.4 Å². The monoisotopic (exact) mass is 577 g/mol. The molecule has 0 radical (unpaired) electrons. The lowest BCUT2D eigenvalue weighted by atomic mass is 9.75. The molecular weight excluding hydrogens is 529 g/mol. The number of carbonyl (C=O) groups is 1. The Bertz CT molecular complexity index is 1170. The van der Waals surface area contributed by atoms with Crippen LogP contribution < -0.4 is 10.4 Å². The molecule has 0 spiro atoms. The van der Waals surface area contributed by atoms with Crippen LogP contribution in [0.25, 0.3) is 0 Å². The molecule has 2 heterocycles. The molecule has 8 heteroatoms. The second-order valence-electron chi connectivity index (χ2n) is 14.0. The van der Waals surface area contributed by atoms with Gasteiger partial charge in [0.25, 0.3) is 8.32 Å². The molecule has 1 amide bonds. The number of hydrogen-bond donors (Lipinski definition) is 1. The van der Waals surface area contributed by atoms with Crippen molar-refractivity contribution in [2.24, 2.45) is 11.8 Å². The Morgan fingerprint density at radius 1 is 1.00 bits per heavy atom. The van der Waals surface area contributed by atoms with Crippen LogP contribution in [0.4, 0.5) is 4.79 Å². The molecule has 222 valence electrons. The molecule has 0 aromatic heterocycles. The van der Waals surface area contributed by atoms with Crippen molar-refractivity contribution in [1.82, 2.24) is 4.90 Å². The van der Waals surface area contributed by atoms with E-state index in [9.17, 15) is 9.90 Å². The quantitative estimate of drug-likeness (QED) is 0.363. The van der Waals surface area contributed by atoms with Crippen LogP contribution in [-0.4, -0.2) is 55.4 Å². The van der Waals surface area contributed by atoms with Gasteiger partial charge in [-0.3, -0.25) is 4.90 Å². The number of allylic oxidation sites excluding steroid dienone is 1. The Morgan fingerprint density at radius 2 is 1.49 bits per heavy atom. The molecule has 2 aromatic carbocycles. The largest absolute Gasteiger partial charge is 0.512 e. The van der Waals surface area contributed by atoms with E-state index in [0.29, 0.717) is 11.5 Å². The molecular formula is C33H48BNO5Si. The van der Waals surface area contributed by atoms with Gasteiger partial charge in [0.2, 0.25) is 0 Å². The van der Waals surface area contributed by atoms with Gasteiger partial charge in [-0.2, -0.15) is 0 Å². The zero-order valence-corrected chi connectivity index (χ0v) is 27.3. The molecule has 4 rings (SSSR count). The Hall–Kier alpha value is -2.39. The maximum Gasteiger partial charge on any atom is 0.512 e. The Kier molecular flexibility index (Phi) is 9.01. The fraction of sp³-hybridized carbons (Fsp3) is 0.545. The summed E-state index contributed by atoms with van der Waals surface area (Å²) < 4.78 is 20.0. The van der Waals surface area contributed by atoms with Gasteiger partial charge in [0.15, 0.2) is 0 Å². The fourth-order valence-electron chi connectivity index (χ4n) is 6.40. The first kappa shape index (κ1) is 31.5. The molecule has 0 aliphatic carbocycles. The highest BCUT2D eigenvalue weighted by molar-refractivity contribution is 6.99. The fourth-order valence-corrected chi connectivity index (χ4v) is 11.0. The maximum atomic E-state index is 13.1. The number of amides is 1. The number of hydrogen-bond acceptors (Lipinski definition) is 4. The minimum absolute atomic E-state index is 0.107. The van der Waals surface area contributed by atoms with Crippen molar-refractivity contribution in [3.8, 4) is 0 Å². The molecule has 1 fully saturated rings. The molecule has 2 atom stereocenters. The van der Waals surface area contributed by atoms with Crippen molar-refractivity contribution in [2.45, 2.75) is 97.4 Å². The third-order valence-corrected chi connectivity index (χ3v) is 14.2. The number of nitrogens with zero attached hydrogens (tertiary/aromatic N) is 1.